The van der Waals surface area contributed by atoms with Crippen molar-refractivity contribution < 1.29 is 32.3 Å². The second-order valence-corrected chi connectivity index (χ2v) is 9.66. The Bertz CT molecular complexity index is 1510. The van der Waals surface area contributed by atoms with Crippen LogP contribution < -0.4 is 15.1 Å². The molecule has 3 heterocycles. The molecule has 13 heteroatoms. The van der Waals surface area contributed by atoms with Gasteiger partial charge in [0.05, 0.1) is 36.3 Å². The van der Waals surface area contributed by atoms with E-state index in [1.165, 1.54) is 24.5 Å². The lowest BCUT2D eigenvalue weighted by atomic mass is 9.87. The summed E-state index contributed by atoms with van der Waals surface area (Å²) in [6, 6.07) is 10.2. The Balaban J connectivity index is 1.59. The predicted molar refractivity (Wildman–Crippen MR) is 138 cm³/mol. The number of halogens is 3. The molecule has 41 heavy (non-hydrogen) atoms. The molecule has 1 saturated heterocycles. The van der Waals surface area contributed by atoms with E-state index < -0.39 is 60.6 Å². The van der Waals surface area contributed by atoms with Crippen LogP contribution in [0.3, 0.4) is 0 Å². The van der Waals surface area contributed by atoms with Gasteiger partial charge in [-0.25, -0.2) is 27.8 Å². The number of benzene rings is 1. The van der Waals surface area contributed by atoms with Crippen molar-refractivity contribution in [3.8, 4) is 6.07 Å². The molecule has 0 radical (unpaired) electrons. The number of aromatic nitrogens is 2. The topological polar surface area (TPSA) is 129 Å². The van der Waals surface area contributed by atoms with E-state index in [4.69, 9.17) is 4.74 Å². The molecule has 1 aliphatic heterocycles. The van der Waals surface area contributed by atoms with E-state index in [1.807, 2.05) is 6.07 Å². The molecule has 1 aliphatic carbocycles. The quantitative estimate of drug-likeness (QED) is 0.461. The van der Waals surface area contributed by atoms with Gasteiger partial charge in [0.25, 0.3) is 11.8 Å². The van der Waals surface area contributed by atoms with Crippen LogP contribution in [0.1, 0.15) is 36.4 Å². The molecule has 2 atom stereocenters. The van der Waals surface area contributed by atoms with Crippen molar-refractivity contribution >= 4 is 29.4 Å². The summed E-state index contributed by atoms with van der Waals surface area (Å²) in [6.45, 7) is -0.141. The van der Waals surface area contributed by atoms with Crippen LogP contribution in [-0.4, -0.2) is 52.5 Å². The first-order chi connectivity index (χ1) is 19.7. The van der Waals surface area contributed by atoms with Crippen molar-refractivity contribution in [1.29, 1.82) is 5.26 Å². The van der Waals surface area contributed by atoms with Gasteiger partial charge in [-0.05, 0) is 17.7 Å². The molecule has 1 saturated carbocycles. The van der Waals surface area contributed by atoms with Gasteiger partial charge in [0.2, 0.25) is 5.91 Å². The third-order valence-corrected chi connectivity index (χ3v) is 6.80. The Morgan fingerprint density at radius 1 is 1.17 bits per heavy atom. The highest BCUT2D eigenvalue weighted by Crippen LogP contribution is 2.38. The first kappa shape index (κ1) is 27.6. The highest BCUT2D eigenvalue weighted by atomic mass is 19.3. The molecule has 1 aromatic carbocycles. The predicted octanol–water partition coefficient (Wildman–Crippen LogP) is 3.89. The van der Waals surface area contributed by atoms with Gasteiger partial charge in [-0.2, -0.15) is 5.26 Å². The third kappa shape index (κ3) is 5.81. The first-order valence-electron chi connectivity index (χ1n) is 12.7. The Hall–Kier alpha value is -4.99. The number of hydrogen-bond donors (Lipinski definition) is 1. The maximum atomic E-state index is 14.4. The number of nitriles is 1. The smallest absolute Gasteiger partial charge is 0.416 e. The highest BCUT2D eigenvalue weighted by Gasteiger charge is 2.48. The molecule has 2 fully saturated rings. The van der Waals surface area contributed by atoms with Crippen molar-refractivity contribution in [3.63, 3.8) is 0 Å². The number of carbonyl (C=O) groups excluding carboxylic acids is 3. The number of pyridine rings is 2. The van der Waals surface area contributed by atoms with E-state index in [9.17, 15) is 32.8 Å². The molecule has 0 bridgehead atoms. The van der Waals surface area contributed by atoms with Crippen LogP contribution in [0.15, 0.2) is 67.1 Å². The summed E-state index contributed by atoms with van der Waals surface area (Å²) < 4.78 is 46.7. The van der Waals surface area contributed by atoms with Crippen molar-refractivity contribution in [3.05, 3.63) is 84.1 Å². The van der Waals surface area contributed by atoms with Crippen LogP contribution in [0.4, 0.5) is 29.5 Å². The fraction of sp³-hybridized carbons (Fsp3) is 0.286. The van der Waals surface area contributed by atoms with Crippen LogP contribution >= 0.6 is 0 Å². The average Bonchev–Trinajstić information content (AvgIpc) is 2.94. The normalized spacial score (nSPS) is 18.8. The molecule has 5 rings (SSSR count). The summed E-state index contributed by atoms with van der Waals surface area (Å²) in [7, 11) is 0. The minimum Gasteiger partial charge on any atom is -0.449 e. The molecule has 0 spiro atoms. The van der Waals surface area contributed by atoms with Crippen molar-refractivity contribution in [1.82, 2.24) is 15.3 Å². The molecule has 3 amide bonds. The van der Waals surface area contributed by atoms with Crippen LogP contribution in [0.2, 0.25) is 0 Å². The van der Waals surface area contributed by atoms with Gasteiger partial charge >= 0.3 is 6.09 Å². The van der Waals surface area contributed by atoms with E-state index in [1.54, 1.807) is 30.3 Å². The van der Waals surface area contributed by atoms with Gasteiger partial charge in [0.15, 0.2) is 0 Å². The van der Waals surface area contributed by atoms with Crippen LogP contribution in [0, 0.1) is 17.1 Å². The number of anilines is 2. The number of ether oxygens (including phenoxy) is 1. The summed E-state index contributed by atoms with van der Waals surface area (Å²) in [6.07, 6.45) is 1.34. The standard InChI is InChI=1S/C28H23F3N6O4/c29-19-11-21(16-33-15-19)36(24(18-4-2-1-3-5-18)25(38)35-20-12-28(30,31)13-20)26(39)22-7-9-41-27(40)37(22)23-10-17(14-32)6-8-34-23/h1-6,8,10-11,15-16,20,22,24H,7,9,12-13H2,(H,35,38)/t22-,24-/m0/s1. The lowest BCUT2D eigenvalue weighted by molar-refractivity contribution is -0.133. The van der Waals surface area contributed by atoms with E-state index in [0.29, 0.717) is 5.56 Å². The van der Waals surface area contributed by atoms with Gasteiger partial charge < -0.3 is 10.1 Å². The Morgan fingerprint density at radius 3 is 2.61 bits per heavy atom. The number of rotatable bonds is 7. The molecular formula is C28H23F3N6O4. The first-order valence-corrected chi connectivity index (χ1v) is 12.7. The number of amides is 3. The Labute approximate surface area is 232 Å². The van der Waals surface area contributed by atoms with Gasteiger partial charge in [-0.15, -0.1) is 0 Å². The van der Waals surface area contributed by atoms with Crippen LogP contribution in [-0.2, 0) is 14.3 Å². The summed E-state index contributed by atoms with van der Waals surface area (Å²) >= 11 is 0. The molecule has 3 aromatic rings. The van der Waals surface area contributed by atoms with Gasteiger partial charge in [0, 0.05) is 37.6 Å². The molecular weight excluding hydrogens is 541 g/mol. The molecule has 2 aliphatic rings. The number of cyclic esters (lactones) is 1. The fourth-order valence-electron chi connectivity index (χ4n) is 4.88. The molecule has 210 valence electrons. The number of carbonyl (C=O) groups is 3. The van der Waals surface area contributed by atoms with Crippen molar-refractivity contribution in [2.75, 3.05) is 16.4 Å². The van der Waals surface area contributed by atoms with Crippen LogP contribution in [0.5, 0.6) is 0 Å². The maximum absolute atomic E-state index is 14.4. The number of nitrogens with zero attached hydrogens (tertiary/aromatic N) is 5. The minimum atomic E-state index is -2.91. The lowest BCUT2D eigenvalue weighted by Crippen LogP contribution is -2.58. The van der Waals surface area contributed by atoms with E-state index in [0.717, 1.165) is 22.1 Å². The summed E-state index contributed by atoms with van der Waals surface area (Å²) in [5.41, 5.74) is 0.378. The number of alkyl halides is 2. The van der Waals surface area contributed by atoms with Crippen molar-refractivity contribution in [2.45, 2.75) is 43.3 Å². The van der Waals surface area contributed by atoms with E-state index in [-0.39, 0.29) is 30.1 Å². The summed E-state index contributed by atoms with van der Waals surface area (Å²) in [5, 5.41) is 11.9. The maximum Gasteiger partial charge on any atom is 0.416 e. The largest absolute Gasteiger partial charge is 0.449 e. The second kappa shape index (κ2) is 11.2. The minimum absolute atomic E-state index is 0.0275. The lowest BCUT2D eigenvalue weighted by Gasteiger charge is -2.40. The highest BCUT2D eigenvalue weighted by molar-refractivity contribution is 6.08. The number of nitrogens with one attached hydrogen (secondary N) is 1. The third-order valence-electron chi connectivity index (χ3n) is 6.80. The SMILES string of the molecule is N#Cc1ccnc(N2C(=O)OCC[C@H]2C(=O)N(c2cncc(F)c2)[C@H](C(=O)NC2CC(F)(F)C2)c2ccccc2)c1. The second-order valence-electron chi connectivity index (χ2n) is 9.66. The zero-order valence-corrected chi connectivity index (χ0v) is 21.4. The van der Waals surface area contributed by atoms with Crippen LogP contribution in [0.25, 0.3) is 0 Å². The Kier molecular flexibility index (Phi) is 7.56. The molecule has 2 aromatic heterocycles. The molecule has 1 N–H and O–H groups in total. The van der Waals surface area contributed by atoms with E-state index >= 15 is 0 Å². The van der Waals surface area contributed by atoms with Crippen molar-refractivity contribution in [2.24, 2.45) is 0 Å². The average molecular weight is 565 g/mol. The zero-order valence-electron chi connectivity index (χ0n) is 21.4. The van der Waals surface area contributed by atoms with Gasteiger partial charge in [-0.1, -0.05) is 30.3 Å². The molecule has 0 unspecified atom stereocenters. The summed E-state index contributed by atoms with van der Waals surface area (Å²) in [4.78, 5) is 51.0. The number of hydrogen-bond acceptors (Lipinski definition) is 7. The summed E-state index contributed by atoms with van der Waals surface area (Å²) in [5.74, 6) is -5.32. The Morgan fingerprint density at radius 2 is 1.93 bits per heavy atom. The van der Waals surface area contributed by atoms with Gasteiger partial charge in [-0.3, -0.25) is 19.5 Å². The fourth-order valence-corrected chi connectivity index (χ4v) is 4.88. The molecule has 10 nitrogen and oxygen atoms in total. The zero-order chi connectivity index (χ0) is 29.1. The monoisotopic (exact) mass is 564 g/mol. The van der Waals surface area contributed by atoms with E-state index in [2.05, 4.69) is 15.3 Å². The van der Waals surface area contributed by atoms with Gasteiger partial charge in [0.1, 0.15) is 23.7 Å².